The predicted molar refractivity (Wildman–Crippen MR) is 47.7 cm³/mol. The zero-order chi connectivity index (χ0) is 10.8. The number of pyridine rings is 1. The monoisotopic (exact) mass is 239 g/mol. The zero-order valence-electron chi connectivity index (χ0n) is 6.58. The summed E-state index contributed by atoms with van der Waals surface area (Å²) in [6.45, 7) is 0. The van der Waals surface area contributed by atoms with Crippen LogP contribution in [0.15, 0.2) is 23.4 Å². The van der Waals surface area contributed by atoms with Crippen molar-refractivity contribution in [1.29, 1.82) is 0 Å². The van der Waals surface area contributed by atoms with Gasteiger partial charge in [-0.2, -0.15) is 8.78 Å². The number of hydrogen-bond acceptors (Lipinski definition) is 3. The summed E-state index contributed by atoms with van der Waals surface area (Å²) in [6.07, 6.45) is 1.26. The molecule has 1 heterocycles. The molecule has 14 heavy (non-hydrogen) atoms. The van der Waals surface area contributed by atoms with Crippen molar-refractivity contribution in [2.75, 3.05) is 0 Å². The maximum atomic E-state index is 12.7. The van der Waals surface area contributed by atoms with Crippen molar-refractivity contribution >= 4 is 29.3 Å². The van der Waals surface area contributed by atoms with Crippen LogP contribution < -0.4 is 0 Å². The Hall–Kier alpha value is -0.880. The van der Waals surface area contributed by atoms with Crippen LogP contribution >= 0.6 is 23.4 Å². The topological polar surface area (TPSA) is 50.2 Å². The van der Waals surface area contributed by atoms with E-state index in [0.717, 1.165) is 0 Å². The summed E-state index contributed by atoms with van der Waals surface area (Å²) in [6, 6.07) is 2.82. The molecule has 0 aliphatic carbocycles. The Balaban J connectivity index is 2.89. The Morgan fingerprint density at radius 1 is 1.64 bits per heavy atom. The number of alkyl halides is 2. The van der Waals surface area contributed by atoms with E-state index in [4.69, 9.17) is 16.7 Å². The van der Waals surface area contributed by atoms with E-state index in [2.05, 4.69) is 4.98 Å². The Morgan fingerprint density at radius 2 is 2.29 bits per heavy atom. The van der Waals surface area contributed by atoms with E-state index < -0.39 is 11.2 Å². The standard InChI is InChI=1S/C7H4ClF2NO2S/c8-4-2-1-3-11-5(4)14-7(9,10)6(12)13/h1-3H,(H,12,13). The highest BCUT2D eigenvalue weighted by Gasteiger charge is 2.41. The summed E-state index contributed by atoms with van der Waals surface area (Å²) >= 11 is 5.33. The number of thioether (sulfide) groups is 1. The van der Waals surface area contributed by atoms with Gasteiger partial charge >= 0.3 is 11.2 Å². The van der Waals surface area contributed by atoms with Gasteiger partial charge < -0.3 is 5.11 Å². The number of aromatic nitrogens is 1. The molecule has 1 rings (SSSR count). The molecule has 3 nitrogen and oxygen atoms in total. The van der Waals surface area contributed by atoms with Gasteiger partial charge in [0.1, 0.15) is 5.03 Å². The summed E-state index contributed by atoms with van der Waals surface area (Å²) in [5.41, 5.74) is 0. The summed E-state index contributed by atoms with van der Waals surface area (Å²) in [4.78, 5) is 13.6. The van der Waals surface area contributed by atoms with Crippen LogP contribution in [0.5, 0.6) is 0 Å². The molecule has 0 aromatic carbocycles. The molecule has 0 radical (unpaired) electrons. The number of carbonyl (C=O) groups is 1. The van der Waals surface area contributed by atoms with Crippen molar-refractivity contribution in [2.24, 2.45) is 0 Å². The molecule has 0 unspecified atom stereocenters. The van der Waals surface area contributed by atoms with Crippen LogP contribution in [0.4, 0.5) is 8.78 Å². The number of carboxylic acids is 1. The molecule has 0 bridgehead atoms. The van der Waals surface area contributed by atoms with Crippen molar-refractivity contribution in [1.82, 2.24) is 4.98 Å². The second-order valence-corrected chi connectivity index (χ2v) is 3.73. The normalized spacial score (nSPS) is 11.4. The van der Waals surface area contributed by atoms with E-state index in [1.807, 2.05) is 0 Å². The van der Waals surface area contributed by atoms with Crippen LogP contribution in [0.2, 0.25) is 5.02 Å². The van der Waals surface area contributed by atoms with E-state index in [1.54, 1.807) is 0 Å². The third kappa shape index (κ3) is 2.55. The van der Waals surface area contributed by atoms with Crippen LogP contribution in [0.1, 0.15) is 0 Å². The molecule has 1 aromatic heterocycles. The van der Waals surface area contributed by atoms with Gasteiger partial charge in [0.2, 0.25) is 0 Å². The SMILES string of the molecule is O=C(O)C(F)(F)Sc1ncccc1Cl. The van der Waals surface area contributed by atoms with Gasteiger partial charge in [-0.25, -0.2) is 9.78 Å². The quantitative estimate of drug-likeness (QED) is 0.824. The van der Waals surface area contributed by atoms with E-state index in [9.17, 15) is 13.6 Å². The number of halogens is 3. The molecule has 1 N–H and O–H groups in total. The van der Waals surface area contributed by atoms with Gasteiger partial charge in [0.25, 0.3) is 0 Å². The average Bonchev–Trinajstić information content (AvgIpc) is 2.08. The van der Waals surface area contributed by atoms with Crippen LogP contribution in [-0.2, 0) is 4.79 Å². The number of hydrogen-bond donors (Lipinski definition) is 1. The van der Waals surface area contributed by atoms with Crippen LogP contribution in [0, 0.1) is 0 Å². The van der Waals surface area contributed by atoms with Crippen molar-refractivity contribution < 1.29 is 18.7 Å². The Labute approximate surface area is 87.1 Å². The maximum absolute atomic E-state index is 12.7. The fourth-order valence-corrected chi connectivity index (χ4v) is 1.46. The van der Waals surface area contributed by atoms with E-state index in [0.29, 0.717) is 0 Å². The molecule has 0 amide bonds. The van der Waals surface area contributed by atoms with Crippen LogP contribution in [0.3, 0.4) is 0 Å². The van der Waals surface area contributed by atoms with Crippen molar-refractivity contribution in [3.63, 3.8) is 0 Å². The third-order valence-electron chi connectivity index (χ3n) is 1.20. The molecule has 0 atom stereocenters. The smallest absolute Gasteiger partial charge is 0.394 e. The second kappa shape index (κ2) is 4.10. The first-order chi connectivity index (χ1) is 6.43. The molecular weight excluding hydrogens is 236 g/mol. The third-order valence-corrected chi connectivity index (χ3v) is 2.57. The second-order valence-electron chi connectivity index (χ2n) is 2.21. The first kappa shape index (κ1) is 11.2. The van der Waals surface area contributed by atoms with Gasteiger partial charge in [-0.15, -0.1) is 0 Å². The van der Waals surface area contributed by atoms with E-state index in [1.165, 1.54) is 18.3 Å². The molecule has 0 spiro atoms. The lowest BCUT2D eigenvalue weighted by molar-refractivity contribution is -0.152. The van der Waals surface area contributed by atoms with Crippen LogP contribution in [-0.4, -0.2) is 21.3 Å². The largest absolute Gasteiger partial charge is 0.476 e. The predicted octanol–water partition coefficient (Wildman–Crippen LogP) is 2.50. The highest BCUT2D eigenvalue weighted by atomic mass is 35.5. The van der Waals surface area contributed by atoms with E-state index in [-0.39, 0.29) is 21.8 Å². The molecule has 0 saturated heterocycles. The minimum Gasteiger partial charge on any atom is -0.476 e. The average molecular weight is 240 g/mol. The lowest BCUT2D eigenvalue weighted by Crippen LogP contribution is -2.23. The lowest BCUT2D eigenvalue weighted by atomic mass is 10.5. The molecule has 0 aliphatic rings. The highest BCUT2D eigenvalue weighted by molar-refractivity contribution is 8.01. The van der Waals surface area contributed by atoms with Gasteiger partial charge in [0, 0.05) is 6.20 Å². The number of aliphatic carboxylic acids is 1. The Kier molecular flexibility index (Phi) is 3.28. The first-order valence-corrected chi connectivity index (χ1v) is 4.53. The van der Waals surface area contributed by atoms with Gasteiger partial charge in [-0.3, -0.25) is 0 Å². The minimum atomic E-state index is -3.92. The van der Waals surface area contributed by atoms with E-state index >= 15 is 0 Å². The Morgan fingerprint density at radius 3 is 2.79 bits per heavy atom. The lowest BCUT2D eigenvalue weighted by Gasteiger charge is -2.09. The van der Waals surface area contributed by atoms with Crippen molar-refractivity contribution in [3.8, 4) is 0 Å². The first-order valence-electron chi connectivity index (χ1n) is 3.34. The highest BCUT2D eigenvalue weighted by Crippen LogP contribution is 2.37. The molecular formula is C7H4ClF2NO2S. The fourth-order valence-electron chi connectivity index (χ4n) is 0.611. The summed E-state index contributed by atoms with van der Waals surface area (Å²) < 4.78 is 25.4. The zero-order valence-corrected chi connectivity index (χ0v) is 8.15. The summed E-state index contributed by atoms with van der Waals surface area (Å²) in [5, 5.41) is 4.02. The Bertz CT molecular complexity index is 361. The molecule has 0 aliphatic heterocycles. The number of carboxylic acid groups (broad SMARTS) is 1. The van der Waals surface area contributed by atoms with Gasteiger partial charge in [-0.05, 0) is 23.9 Å². The summed E-state index contributed by atoms with van der Waals surface area (Å²) in [5.74, 6) is -2.22. The van der Waals surface area contributed by atoms with Crippen LogP contribution in [0.25, 0.3) is 0 Å². The fraction of sp³-hybridized carbons (Fsp3) is 0.143. The molecule has 0 fully saturated rings. The molecule has 0 saturated carbocycles. The van der Waals surface area contributed by atoms with Gasteiger partial charge in [-0.1, -0.05) is 11.6 Å². The summed E-state index contributed by atoms with van der Waals surface area (Å²) in [7, 11) is 0. The number of rotatable bonds is 3. The van der Waals surface area contributed by atoms with Gasteiger partial charge in [0.15, 0.2) is 0 Å². The molecule has 7 heteroatoms. The minimum absolute atomic E-state index is 0.00146. The molecule has 1 aromatic rings. The van der Waals surface area contributed by atoms with Crippen molar-refractivity contribution in [3.05, 3.63) is 23.4 Å². The number of nitrogens with zero attached hydrogens (tertiary/aromatic N) is 1. The van der Waals surface area contributed by atoms with Gasteiger partial charge in [0.05, 0.1) is 5.02 Å². The van der Waals surface area contributed by atoms with Crippen molar-refractivity contribution in [2.45, 2.75) is 10.3 Å². The maximum Gasteiger partial charge on any atom is 0.394 e. The molecule has 76 valence electrons.